The van der Waals surface area contributed by atoms with Crippen molar-refractivity contribution in [3.05, 3.63) is 59.9 Å². The van der Waals surface area contributed by atoms with Crippen LogP contribution in [0.3, 0.4) is 0 Å². The highest BCUT2D eigenvalue weighted by molar-refractivity contribution is 7.89. The molecule has 0 saturated heterocycles. The lowest BCUT2D eigenvalue weighted by molar-refractivity contribution is -0.885. The lowest BCUT2D eigenvalue weighted by Gasteiger charge is -2.14. The summed E-state index contributed by atoms with van der Waals surface area (Å²) in [6.07, 6.45) is 0. The summed E-state index contributed by atoms with van der Waals surface area (Å²) < 4.78 is 35.9. The Bertz CT molecular complexity index is 823. The van der Waals surface area contributed by atoms with Crippen LogP contribution in [0.25, 0.3) is 0 Å². The van der Waals surface area contributed by atoms with Gasteiger partial charge in [-0.3, -0.25) is 4.79 Å². The molecule has 0 aliphatic carbocycles. The van der Waals surface area contributed by atoms with Crippen molar-refractivity contribution in [3.63, 3.8) is 0 Å². The van der Waals surface area contributed by atoms with Crippen LogP contribution in [0.5, 0.6) is 0 Å². The van der Waals surface area contributed by atoms with Crippen molar-refractivity contribution in [1.29, 1.82) is 0 Å². The molecular weight excluding hydrogens is 333 g/mol. The van der Waals surface area contributed by atoms with Crippen molar-refractivity contribution in [3.8, 4) is 0 Å². The number of benzene rings is 2. The van der Waals surface area contributed by atoms with Gasteiger partial charge in [0.25, 0.3) is 5.91 Å². The zero-order chi connectivity index (χ0) is 17.7. The molecule has 8 heteroatoms. The summed E-state index contributed by atoms with van der Waals surface area (Å²) in [5.74, 6) is -0.553. The second-order valence-electron chi connectivity index (χ2n) is 5.52. The molecule has 0 fully saturated rings. The number of amides is 1. The molecule has 128 valence electrons. The van der Waals surface area contributed by atoms with Crippen LogP contribution < -0.4 is 15.4 Å². The molecule has 24 heavy (non-hydrogen) atoms. The molecule has 0 aromatic heterocycles. The molecule has 2 aromatic carbocycles. The van der Waals surface area contributed by atoms with Gasteiger partial charge in [-0.15, -0.1) is 0 Å². The first-order valence-electron chi connectivity index (χ1n) is 7.23. The highest BCUT2D eigenvalue weighted by Gasteiger charge is 2.13. The topological polar surface area (TPSA) is 93.7 Å². The van der Waals surface area contributed by atoms with E-state index in [0.29, 0.717) is 17.8 Å². The molecule has 0 aliphatic heterocycles. The standard InChI is InChI=1S/C16H18FN3O3S/c1-20(10-12-4-2-3-5-15(12)17)11-16(21)19-13-6-8-14(9-7-13)24(18,22)23/h2-9H,10-11H2,1H3,(H,19,21)(H2,18,22,23)/p+1. The van der Waals surface area contributed by atoms with E-state index in [9.17, 15) is 17.6 Å². The summed E-state index contributed by atoms with van der Waals surface area (Å²) in [7, 11) is -1.97. The smallest absolute Gasteiger partial charge is 0.279 e. The van der Waals surface area contributed by atoms with Crippen molar-refractivity contribution in [2.24, 2.45) is 5.14 Å². The van der Waals surface area contributed by atoms with E-state index in [1.165, 1.54) is 30.3 Å². The number of primary sulfonamides is 1. The summed E-state index contributed by atoms with van der Waals surface area (Å²) in [6.45, 7) is 0.524. The van der Waals surface area contributed by atoms with Crippen molar-refractivity contribution >= 4 is 21.6 Å². The average molecular weight is 352 g/mol. The second-order valence-corrected chi connectivity index (χ2v) is 7.08. The molecule has 0 radical (unpaired) electrons. The zero-order valence-electron chi connectivity index (χ0n) is 13.1. The number of quaternary nitrogens is 1. The third-order valence-corrected chi connectivity index (χ3v) is 4.31. The van der Waals surface area contributed by atoms with Crippen molar-refractivity contribution < 1.29 is 22.5 Å². The normalized spacial score (nSPS) is 12.6. The Kier molecular flexibility index (Phi) is 5.66. The first-order chi connectivity index (χ1) is 11.3. The maximum atomic E-state index is 13.6. The quantitative estimate of drug-likeness (QED) is 0.690. The van der Waals surface area contributed by atoms with Gasteiger partial charge in [-0.1, -0.05) is 18.2 Å². The SMILES string of the molecule is C[NH+](CC(=O)Nc1ccc(S(N)(=O)=O)cc1)Cc1ccccc1F. The molecule has 2 aromatic rings. The number of carbonyl (C=O) groups excluding carboxylic acids is 1. The van der Waals surface area contributed by atoms with Gasteiger partial charge in [-0.2, -0.15) is 0 Å². The van der Waals surface area contributed by atoms with Crippen molar-refractivity contribution in [1.82, 2.24) is 0 Å². The van der Waals surface area contributed by atoms with Gasteiger partial charge in [-0.25, -0.2) is 17.9 Å². The number of rotatable bonds is 6. The summed E-state index contributed by atoms with van der Waals surface area (Å²) in [5.41, 5.74) is 1.01. The molecule has 6 nitrogen and oxygen atoms in total. The minimum atomic E-state index is -3.76. The lowest BCUT2D eigenvalue weighted by Crippen LogP contribution is -3.08. The highest BCUT2D eigenvalue weighted by Crippen LogP contribution is 2.12. The number of hydrogen-bond donors (Lipinski definition) is 3. The number of carbonyl (C=O) groups is 1. The van der Waals surface area contributed by atoms with E-state index in [4.69, 9.17) is 5.14 Å². The van der Waals surface area contributed by atoms with E-state index < -0.39 is 10.0 Å². The van der Waals surface area contributed by atoms with Crippen LogP contribution in [0.15, 0.2) is 53.4 Å². The van der Waals surface area contributed by atoms with E-state index in [1.807, 2.05) is 0 Å². The molecule has 1 amide bonds. The number of nitrogens with two attached hydrogens (primary N) is 1. The molecule has 1 unspecified atom stereocenters. The maximum absolute atomic E-state index is 13.6. The molecule has 0 spiro atoms. The molecule has 1 atom stereocenters. The molecule has 0 heterocycles. The number of anilines is 1. The largest absolute Gasteiger partial charge is 0.326 e. The lowest BCUT2D eigenvalue weighted by atomic mass is 10.2. The number of hydrogen-bond acceptors (Lipinski definition) is 3. The molecule has 0 aliphatic rings. The minimum absolute atomic E-state index is 0.0252. The first-order valence-corrected chi connectivity index (χ1v) is 8.78. The maximum Gasteiger partial charge on any atom is 0.279 e. The highest BCUT2D eigenvalue weighted by atomic mass is 32.2. The second kappa shape index (κ2) is 7.52. The Morgan fingerprint density at radius 2 is 1.79 bits per heavy atom. The molecule has 2 rings (SSSR count). The Hall–Kier alpha value is -2.29. The Morgan fingerprint density at radius 1 is 1.17 bits per heavy atom. The number of halogens is 1. The minimum Gasteiger partial charge on any atom is -0.326 e. The summed E-state index contributed by atoms with van der Waals surface area (Å²) >= 11 is 0. The molecule has 0 bridgehead atoms. The van der Waals surface area contributed by atoms with Crippen molar-refractivity contribution in [2.45, 2.75) is 11.4 Å². The van der Waals surface area contributed by atoms with Gasteiger partial charge >= 0.3 is 0 Å². The van der Waals surface area contributed by atoms with Gasteiger partial charge in [0.05, 0.1) is 11.9 Å². The van der Waals surface area contributed by atoms with Crippen LogP contribution in [0.1, 0.15) is 5.56 Å². The predicted octanol–water partition coefficient (Wildman–Crippen LogP) is 0.127. The van der Waals surface area contributed by atoms with Crippen LogP contribution in [0, 0.1) is 5.82 Å². The zero-order valence-corrected chi connectivity index (χ0v) is 13.9. The van der Waals surface area contributed by atoms with Gasteiger partial charge in [0.1, 0.15) is 12.4 Å². The number of likely N-dealkylation sites (N-methyl/N-ethyl adjacent to an activating group) is 1. The van der Waals surface area contributed by atoms with Crippen LogP contribution in [-0.2, 0) is 21.4 Å². The van der Waals surface area contributed by atoms with Crippen LogP contribution in [-0.4, -0.2) is 27.9 Å². The summed E-state index contributed by atoms with van der Waals surface area (Å²) in [5, 5.41) is 7.67. The third-order valence-electron chi connectivity index (χ3n) is 3.38. The fraction of sp³-hybridized carbons (Fsp3) is 0.188. The number of nitrogens with one attached hydrogen (secondary N) is 2. The van der Waals surface area contributed by atoms with Crippen molar-refractivity contribution in [2.75, 3.05) is 18.9 Å². The molecular formula is C16H19FN3O3S+. The first kappa shape index (κ1) is 18.1. The fourth-order valence-corrected chi connectivity index (χ4v) is 2.75. The van der Waals surface area contributed by atoms with Gasteiger partial charge in [0.15, 0.2) is 6.54 Å². The van der Waals surface area contributed by atoms with Gasteiger partial charge in [0.2, 0.25) is 10.0 Å². The average Bonchev–Trinajstić information content (AvgIpc) is 2.49. The molecule has 0 saturated carbocycles. The van der Waals surface area contributed by atoms with Crippen LogP contribution >= 0.6 is 0 Å². The number of sulfonamides is 1. The van der Waals surface area contributed by atoms with E-state index in [1.54, 1.807) is 25.2 Å². The van der Waals surface area contributed by atoms with Gasteiger partial charge in [-0.05, 0) is 30.3 Å². The van der Waals surface area contributed by atoms with Crippen LogP contribution in [0.2, 0.25) is 0 Å². The van der Waals surface area contributed by atoms with E-state index in [0.717, 1.165) is 4.90 Å². The Balaban J connectivity index is 1.92. The monoisotopic (exact) mass is 352 g/mol. The van der Waals surface area contributed by atoms with Gasteiger partial charge < -0.3 is 10.2 Å². The van der Waals surface area contributed by atoms with Gasteiger partial charge in [0, 0.05) is 11.3 Å². The Labute approximate surface area is 140 Å². The fourth-order valence-electron chi connectivity index (χ4n) is 2.24. The summed E-state index contributed by atoms with van der Waals surface area (Å²) in [4.78, 5) is 12.8. The molecule has 4 N–H and O–H groups in total. The van der Waals surface area contributed by atoms with E-state index in [2.05, 4.69) is 5.32 Å². The van der Waals surface area contributed by atoms with E-state index in [-0.39, 0.29) is 23.2 Å². The third kappa shape index (κ3) is 5.12. The van der Waals surface area contributed by atoms with E-state index >= 15 is 0 Å². The predicted molar refractivity (Wildman–Crippen MR) is 88.3 cm³/mol. The summed E-state index contributed by atoms with van der Waals surface area (Å²) in [6, 6.07) is 12.0. The Morgan fingerprint density at radius 3 is 2.38 bits per heavy atom. The van der Waals surface area contributed by atoms with Crippen LogP contribution in [0.4, 0.5) is 10.1 Å².